The highest BCUT2D eigenvalue weighted by atomic mass is 16.6. The molecule has 1 rings (SSSR count). The molecule has 17 heavy (non-hydrogen) atoms. The van der Waals surface area contributed by atoms with Crippen LogP contribution >= 0.6 is 0 Å². The molecule has 0 bridgehead atoms. The van der Waals surface area contributed by atoms with Gasteiger partial charge in [-0.05, 0) is 12.8 Å². The van der Waals surface area contributed by atoms with E-state index in [1.165, 1.54) is 0 Å². The highest BCUT2D eigenvalue weighted by Crippen LogP contribution is 2.21. The lowest BCUT2D eigenvalue weighted by molar-refractivity contribution is -0.530. The fourth-order valence-corrected chi connectivity index (χ4v) is 2.32. The van der Waals surface area contributed by atoms with E-state index in [4.69, 9.17) is 10.2 Å². The zero-order chi connectivity index (χ0) is 12.7. The normalized spacial score (nSPS) is 29.2. The van der Waals surface area contributed by atoms with Crippen molar-refractivity contribution in [3.05, 3.63) is 10.1 Å². The number of aliphatic hydroxyl groups is 2. The molecule has 0 heterocycles. The van der Waals surface area contributed by atoms with E-state index in [1.54, 1.807) is 0 Å². The molecule has 3 atom stereocenters. The van der Waals surface area contributed by atoms with Crippen LogP contribution < -0.4 is 10.6 Å². The van der Waals surface area contributed by atoms with Gasteiger partial charge in [0.25, 0.3) is 0 Å². The van der Waals surface area contributed by atoms with Gasteiger partial charge in [0.15, 0.2) is 0 Å². The van der Waals surface area contributed by atoms with Crippen molar-refractivity contribution in [1.82, 2.24) is 10.6 Å². The van der Waals surface area contributed by atoms with Crippen LogP contribution in [0, 0.1) is 10.1 Å². The number of nitro groups is 1. The molecule has 1 saturated carbocycles. The molecule has 0 saturated heterocycles. The second-order valence-electron chi connectivity index (χ2n) is 4.32. The van der Waals surface area contributed by atoms with Crippen molar-refractivity contribution in [2.75, 3.05) is 26.3 Å². The van der Waals surface area contributed by atoms with E-state index in [0.717, 1.165) is 12.8 Å². The van der Waals surface area contributed by atoms with Crippen LogP contribution in [-0.2, 0) is 0 Å². The molecule has 0 radical (unpaired) electrons. The van der Waals surface area contributed by atoms with Gasteiger partial charge in [-0.25, -0.2) is 0 Å². The maximum atomic E-state index is 11.0. The molecule has 0 aliphatic heterocycles. The molecule has 1 aliphatic carbocycles. The first-order chi connectivity index (χ1) is 8.19. The largest absolute Gasteiger partial charge is 0.395 e. The summed E-state index contributed by atoms with van der Waals surface area (Å²) in [5.41, 5.74) is 0. The zero-order valence-corrected chi connectivity index (χ0v) is 9.84. The highest BCUT2D eigenvalue weighted by Gasteiger charge is 2.37. The first-order valence-corrected chi connectivity index (χ1v) is 6.01. The molecule has 7 nitrogen and oxygen atoms in total. The Balaban J connectivity index is 2.46. The van der Waals surface area contributed by atoms with Crippen LogP contribution in [0.1, 0.15) is 19.3 Å². The third-order valence-corrected chi connectivity index (χ3v) is 3.15. The number of hydrogen-bond acceptors (Lipinski definition) is 6. The van der Waals surface area contributed by atoms with Crippen molar-refractivity contribution in [2.24, 2.45) is 0 Å². The zero-order valence-electron chi connectivity index (χ0n) is 9.84. The molecular formula is C10H21N3O4. The Kier molecular flexibility index (Phi) is 6.35. The van der Waals surface area contributed by atoms with Gasteiger partial charge >= 0.3 is 0 Å². The molecule has 1 aliphatic rings. The van der Waals surface area contributed by atoms with Crippen LogP contribution in [0.4, 0.5) is 0 Å². The average Bonchev–Trinajstić information content (AvgIpc) is 2.34. The lowest BCUT2D eigenvalue weighted by atomic mass is 9.87. The summed E-state index contributed by atoms with van der Waals surface area (Å²) in [6.45, 7) is 0.909. The molecule has 0 aromatic carbocycles. The molecule has 7 heteroatoms. The van der Waals surface area contributed by atoms with E-state index in [-0.39, 0.29) is 30.2 Å². The standard InChI is InChI=1S/C10H21N3O4/c14-5-3-11-8-1-2-9(12-4-6-15)10(7-8)13(16)17/h8-12,14-15H,1-7H2. The lowest BCUT2D eigenvalue weighted by Gasteiger charge is -2.31. The van der Waals surface area contributed by atoms with E-state index in [2.05, 4.69) is 10.6 Å². The molecule has 0 aromatic rings. The Labute approximate surface area is 100 Å². The van der Waals surface area contributed by atoms with Crippen molar-refractivity contribution in [3.63, 3.8) is 0 Å². The third kappa shape index (κ3) is 4.55. The Hall–Kier alpha value is -0.760. The van der Waals surface area contributed by atoms with Crippen molar-refractivity contribution < 1.29 is 15.1 Å². The predicted molar refractivity (Wildman–Crippen MR) is 62.4 cm³/mol. The Morgan fingerprint density at radius 3 is 2.41 bits per heavy atom. The Bertz CT molecular complexity index is 240. The molecule has 3 unspecified atom stereocenters. The number of nitrogens with one attached hydrogen (secondary N) is 2. The average molecular weight is 247 g/mol. The summed E-state index contributed by atoms with van der Waals surface area (Å²) in [6, 6.07) is -0.680. The fourth-order valence-electron chi connectivity index (χ4n) is 2.32. The van der Waals surface area contributed by atoms with E-state index in [1.807, 2.05) is 0 Å². The SMILES string of the molecule is O=[N+]([O-])C1CC(NCCO)CCC1NCCO. The van der Waals surface area contributed by atoms with Crippen molar-refractivity contribution >= 4 is 0 Å². The second-order valence-corrected chi connectivity index (χ2v) is 4.32. The van der Waals surface area contributed by atoms with Crippen LogP contribution in [0.5, 0.6) is 0 Å². The van der Waals surface area contributed by atoms with Gasteiger partial charge in [-0.1, -0.05) is 0 Å². The minimum Gasteiger partial charge on any atom is -0.395 e. The van der Waals surface area contributed by atoms with Gasteiger partial charge in [-0.3, -0.25) is 10.1 Å². The monoisotopic (exact) mass is 247 g/mol. The van der Waals surface area contributed by atoms with Crippen LogP contribution in [0.3, 0.4) is 0 Å². The minimum absolute atomic E-state index is 0.00682. The summed E-state index contributed by atoms with van der Waals surface area (Å²) in [7, 11) is 0. The second kappa shape index (κ2) is 7.54. The fraction of sp³-hybridized carbons (Fsp3) is 1.00. The van der Waals surface area contributed by atoms with Gasteiger partial charge in [0.2, 0.25) is 6.04 Å². The third-order valence-electron chi connectivity index (χ3n) is 3.15. The van der Waals surface area contributed by atoms with Crippen LogP contribution in [-0.4, -0.2) is 59.6 Å². The smallest absolute Gasteiger partial charge is 0.229 e. The topological polar surface area (TPSA) is 108 Å². The number of rotatable bonds is 7. The summed E-state index contributed by atoms with van der Waals surface area (Å²) >= 11 is 0. The van der Waals surface area contributed by atoms with Gasteiger partial charge < -0.3 is 20.8 Å². The molecule has 0 spiro atoms. The van der Waals surface area contributed by atoms with E-state index in [0.29, 0.717) is 19.5 Å². The maximum Gasteiger partial charge on any atom is 0.229 e. The first-order valence-electron chi connectivity index (χ1n) is 6.01. The number of nitrogens with zero attached hydrogens (tertiary/aromatic N) is 1. The highest BCUT2D eigenvalue weighted by molar-refractivity contribution is 4.88. The van der Waals surface area contributed by atoms with Gasteiger partial charge in [0, 0.05) is 30.5 Å². The van der Waals surface area contributed by atoms with E-state index < -0.39 is 6.04 Å². The summed E-state index contributed by atoms with van der Waals surface area (Å²) in [4.78, 5) is 10.7. The number of aliphatic hydroxyl groups excluding tert-OH is 2. The van der Waals surface area contributed by atoms with Gasteiger partial charge in [-0.15, -0.1) is 0 Å². The van der Waals surface area contributed by atoms with Crippen molar-refractivity contribution in [2.45, 2.75) is 37.4 Å². The van der Waals surface area contributed by atoms with Crippen LogP contribution in [0.2, 0.25) is 0 Å². The lowest BCUT2D eigenvalue weighted by Crippen LogP contribution is -2.52. The summed E-state index contributed by atoms with van der Waals surface area (Å²) in [5, 5.41) is 34.5. The van der Waals surface area contributed by atoms with Crippen LogP contribution in [0.25, 0.3) is 0 Å². The molecule has 1 fully saturated rings. The molecule has 0 amide bonds. The van der Waals surface area contributed by atoms with E-state index >= 15 is 0 Å². The van der Waals surface area contributed by atoms with E-state index in [9.17, 15) is 10.1 Å². The quantitative estimate of drug-likeness (QED) is 0.329. The van der Waals surface area contributed by atoms with Gasteiger partial charge in [0.1, 0.15) is 0 Å². The summed E-state index contributed by atoms with van der Waals surface area (Å²) < 4.78 is 0. The molecule has 0 aromatic heterocycles. The maximum absolute atomic E-state index is 11.0. The first kappa shape index (κ1) is 14.3. The minimum atomic E-state index is -0.619. The Morgan fingerprint density at radius 2 is 1.82 bits per heavy atom. The Morgan fingerprint density at radius 1 is 1.18 bits per heavy atom. The van der Waals surface area contributed by atoms with Crippen molar-refractivity contribution in [3.8, 4) is 0 Å². The molecular weight excluding hydrogens is 226 g/mol. The number of hydrogen-bond donors (Lipinski definition) is 4. The van der Waals surface area contributed by atoms with Gasteiger partial charge in [-0.2, -0.15) is 0 Å². The summed E-state index contributed by atoms with van der Waals surface area (Å²) in [6.07, 6.45) is 2.04. The molecule has 100 valence electrons. The molecule has 4 N–H and O–H groups in total. The predicted octanol–water partition coefficient (Wildman–Crippen LogP) is -1.28. The van der Waals surface area contributed by atoms with Crippen molar-refractivity contribution in [1.29, 1.82) is 0 Å². The van der Waals surface area contributed by atoms with Crippen LogP contribution in [0.15, 0.2) is 0 Å². The van der Waals surface area contributed by atoms with Gasteiger partial charge in [0.05, 0.1) is 19.3 Å². The summed E-state index contributed by atoms with van der Waals surface area (Å²) in [5.74, 6) is 0.